The van der Waals surface area contributed by atoms with E-state index in [2.05, 4.69) is 35.3 Å². The number of benzene rings is 1. The molecule has 2 amide bonds. The van der Waals surface area contributed by atoms with Crippen molar-refractivity contribution < 1.29 is 19.1 Å². The smallest absolute Gasteiger partial charge is 0.341 e. The van der Waals surface area contributed by atoms with Crippen molar-refractivity contribution >= 4 is 23.4 Å². The summed E-state index contributed by atoms with van der Waals surface area (Å²) in [6, 6.07) is 10.3. The molecule has 1 aromatic carbocycles. The van der Waals surface area contributed by atoms with Crippen LogP contribution < -0.4 is 0 Å². The lowest BCUT2D eigenvalue weighted by atomic mass is 9.90. The molecule has 1 aliphatic carbocycles. The van der Waals surface area contributed by atoms with Crippen LogP contribution in [0.4, 0.5) is 0 Å². The third kappa shape index (κ3) is 3.55. The molecule has 1 saturated carbocycles. The Kier molecular flexibility index (Phi) is 5.28. The van der Waals surface area contributed by atoms with E-state index >= 15 is 0 Å². The van der Waals surface area contributed by atoms with Crippen LogP contribution in [0.5, 0.6) is 0 Å². The highest BCUT2D eigenvalue weighted by atomic mass is 16.6. The van der Waals surface area contributed by atoms with Crippen molar-refractivity contribution in [1.82, 2.24) is 14.8 Å². The van der Waals surface area contributed by atoms with Crippen molar-refractivity contribution in [2.45, 2.75) is 50.5 Å². The first-order valence-corrected chi connectivity index (χ1v) is 12.9. The van der Waals surface area contributed by atoms with Gasteiger partial charge >= 0.3 is 5.97 Å². The molecule has 1 saturated heterocycles. The molecule has 4 aliphatic rings. The van der Waals surface area contributed by atoms with E-state index in [1.807, 2.05) is 29.7 Å². The fraction of sp³-hybridized carbons (Fsp3) is 0.448. The van der Waals surface area contributed by atoms with Crippen molar-refractivity contribution in [1.29, 1.82) is 0 Å². The van der Waals surface area contributed by atoms with Gasteiger partial charge in [0.25, 0.3) is 0 Å². The van der Waals surface area contributed by atoms with Gasteiger partial charge in [-0.05, 0) is 42.0 Å². The number of carbonyl (C=O) groups is 3. The average Bonchev–Trinajstić information content (AvgIpc) is 3.54. The van der Waals surface area contributed by atoms with Gasteiger partial charge in [-0.1, -0.05) is 44.2 Å². The lowest BCUT2D eigenvalue weighted by Gasteiger charge is -2.28. The van der Waals surface area contributed by atoms with E-state index in [1.165, 1.54) is 5.57 Å². The predicted molar refractivity (Wildman–Crippen MR) is 134 cm³/mol. The van der Waals surface area contributed by atoms with Crippen LogP contribution in [0.15, 0.2) is 48.8 Å². The van der Waals surface area contributed by atoms with Crippen LogP contribution in [0.2, 0.25) is 0 Å². The number of hydrogen-bond acceptors (Lipinski definition) is 5. The van der Waals surface area contributed by atoms with E-state index in [0.29, 0.717) is 31.6 Å². The van der Waals surface area contributed by atoms with Crippen LogP contribution in [0.1, 0.15) is 66.6 Å². The molecule has 186 valence electrons. The second-order valence-electron chi connectivity index (χ2n) is 10.9. The number of likely N-dealkylation sites (tertiary alicyclic amines) is 1. The Labute approximate surface area is 211 Å². The van der Waals surface area contributed by atoms with Crippen LogP contribution >= 0.6 is 0 Å². The highest BCUT2D eigenvalue weighted by molar-refractivity contribution is 5.95. The molecular weight excluding hydrogens is 454 g/mol. The minimum absolute atomic E-state index is 0.0180. The van der Waals surface area contributed by atoms with Crippen molar-refractivity contribution in [3.63, 3.8) is 0 Å². The standard InChI is InChI=1S/C29H31N3O4/c1-19(2)25(33)31-14-8-21(9-15-31)20-3-5-22(6-4-20)28(10-11-28)27(35)32-16-12-29(18-32)24-7-13-30-17-23(24)26(34)36-29/h3-8,13,17,19H,9-12,14-16,18H2,1-2H3. The van der Waals surface area contributed by atoms with E-state index in [4.69, 9.17) is 4.74 Å². The van der Waals surface area contributed by atoms with Gasteiger partial charge in [-0.25, -0.2) is 4.79 Å². The largest absolute Gasteiger partial charge is 0.449 e. The second-order valence-corrected chi connectivity index (χ2v) is 10.9. The van der Waals surface area contributed by atoms with Crippen LogP contribution in [0.25, 0.3) is 5.57 Å². The van der Waals surface area contributed by atoms with Crippen molar-refractivity contribution in [3.8, 4) is 0 Å². The zero-order chi connectivity index (χ0) is 25.1. The monoisotopic (exact) mass is 485 g/mol. The van der Waals surface area contributed by atoms with E-state index in [0.717, 1.165) is 42.5 Å². The second kappa shape index (κ2) is 8.29. The van der Waals surface area contributed by atoms with Gasteiger partial charge in [0.2, 0.25) is 11.8 Å². The molecular formula is C29H31N3O4. The molecule has 2 aromatic rings. The SMILES string of the molecule is CC(C)C(=O)N1CC=C(c2ccc(C3(C(=O)N4CCC5(C4)OC(=O)c4cnccc45)CC3)cc2)CC1. The Morgan fingerprint density at radius 2 is 1.81 bits per heavy atom. The Balaban J connectivity index is 1.16. The topological polar surface area (TPSA) is 79.8 Å². The predicted octanol–water partition coefficient (Wildman–Crippen LogP) is 3.68. The van der Waals surface area contributed by atoms with Gasteiger partial charge in [0.05, 0.1) is 17.5 Å². The van der Waals surface area contributed by atoms with Gasteiger partial charge in [0, 0.05) is 49.9 Å². The van der Waals surface area contributed by atoms with Crippen molar-refractivity contribution in [2.75, 3.05) is 26.2 Å². The third-order valence-electron chi connectivity index (χ3n) is 8.32. The van der Waals surface area contributed by atoms with Gasteiger partial charge in [0.15, 0.2) is 5.60 Å². The maximum atomic E-state index is 13.7. The number of fused-ring (bicyclic) bond motifs is 2. The Bertz CT molecular complexity index is 1280. The fourth-order valence-corrected chi connectivity index (χ4v) is 6.05. The van der Waals surface area contributed by atoms with Gasteiger partial charge in [-0.15, -0.1) is 0 Å². The summed E-state index contributed by atoms with van der Waals surface area (Å²) in [6.45, 7) is 6.24. The summed E-state index contributed by atoms with van der Waals surface area (Å²) in [5.74, 6) is -0.00116. The quantitative estimate of drug-likeness (QED) is 0.618. The van der Waals surface area contributed by atoms with Gasteiger partial charge in [-0.3, -0.25) is 14.6 Å². The van der Waals surface area contributed by atoms with Gasteiger partial charge < -0.3 is 14.5 Å². The minimum Gasteiger partial charge on any atom is -0.449 e. The highest BCUT2D eigenvalue weighted by Gasteiger charge is 2.57. The Morgan fingerprint density at radius 1 is 1.03 bits per heavy atom. The average molecular weight is 486 g/mol. The number of pyridine rings is 1. The molecule has 0 N–H and O–H groups in total. The minimum atomic E-state index is -0.747. The molecule has 1 aromatic heterocycles. The zero-order valence-electron chi connectivity index (χ0n) is 20.8. The number of nitrogens with zero attached hydrogens (tertiary/aromatic N) is 3. The van der Waals surface area contributed by atoms with E-state index in [9.17, 15) is 14.4 Å². The number of ether oxygens (including phenoxy) is 1. The molecule has 0 radical (unpaired) electrons. The molecule has 6 rings (SSSR count). The molecule has 7 heteroatoms. The lowest BCUT2D eigenvalue weighted by molar-refractivity contribution is -0.134. The fourth-order valence-electron chi connectivity index (χ4n) is 6.05. The summed E-state index contributed by atoms with van der Waals surface area (Å²) < 4.78 is 5.81. The summed E-state index contributed by atoms with van der Waals surface area (Å²) in [4.78, 5) is 46.2. The highest BCUT2D eigenvalue weighted by Crippen LogP contribution is 2.52. The van der Waals surface area contributed by atoms with Gasteiger partial charge in [0.1, 0.15) is 0 Å². The van der Waals surface area contributed by atoms with E-state index in [-0.39, 0.29) is 23.7 Å². The first-order valence-electron chi connectivity index (χ1n) is 12.9. The van der Waals surface area contributed by atoms with Crippen LogP contribution in [0.3, 0.4) is 0 Å². The summed E-state index contributed by atoms with van der Waals surface area (Å²) >= 11 is 0. The number of amides is 2. The Hall–Kier alpha value is -3.48. The summed E-state index contributed by atoms with van der Waals surface area (Å²) in [7, 11) is 0. The molecule has 1 atom stereocenters. The summed E-state index contributed by atoms with van der Waals surface area (Å²) in [5.41, 5.74) is 3.60. The number of hydrogen-bond donors (Lipinski definition) is 0. The Morgan fingerprint density at radius 3 is 2.47 bits per heavy atom. The first kappa shape index (κ1) is 23.0. The molecule has 1 spiro atoms. The van der Waals surface area contributed by atoms with Crippen molar-refractivity contribution in [3.05, 3.63) is 71.1 Å². The molecule has 2 fully saturated rings. The number of carbonyl (C=O) groups excluding carboxylic acids is 3. The lowest BCUT2D eigenvalue weighted by Crippen LogP contribution is -2.40. The van der Waals surface area contributed by atoms with E-state index < -0.39 is 11.0 Å². The number of aromatic nitrogens is 1. The maximum Gasteiger partial charge on any atom is 0.341 e. The molecule has 0 bridgehead atoms. The van der Waals surface area contributed by atoms with Crippen LogP contribution in [0, 0.1) is 5.92 Å². The van der Waals surface area contributed by atoms with Crippen LogP contribution in [-0.2, 0) is 25.3 Å². The van der Waals surface area contributed by atoms with Crippen LogP contribution in [-0.4, -0.2) is 58.7 Å². The molecule has 36 heavy (non-hydrogen) atoms. The number of esters is 1. The first-order chi connectivity index (χ1) is 17.3. The van der Waals surface area contributed by atoms with E-state index in [1.54, 1.807) is 12.4 Å². The van der Waals surface area contributed by atoms with Crippen molar-refractivity contribution in [2.24, 2.45) is 5.92 Å². The molecule has 1 unspecified atom stereocenters. The third-order valence-corrected chi connectivity index (χ3v) is 8.32. The zero-order valence-corrected chi connectivity index (χ0v) is 20.8. The molecule has 4 heterocycles. The number of rotatable bonds is 4. The molecule has 3 aliphatic heterocycles. The summed E-state index contributed by atoms with van der Waals surface area (Å²) in [6.07, 6.45) is 8.51. The maximum absolute atomic E-state index is 13.7. The van der Waals surface area contributed by atoms with Gasteiger partial charge in [-0.2, -0.15) is 0 Å². The summed E-state index contributed by atoms with van der Waals surface area (Å²) in [5, 5.41) is 0. The normalized spacial score (nSPS) is 24.1. The molecule has 7 nitrogen and oxygen atoms in total.